The first-order valence-electron chi connectivity index (χ1n) is 6.38. The Hall–Kier alpha value is -2.08. The number of nitrogens with zero attached hydrogens (tertiary/aromatic N) is 3. The molecular weight excluding hydrogens is 301 g/mol. The van der Waals surface area contributed by atoms with Crippen LogP contribution in [-0.4, -0.2) is 66.0 Å². The van der Waals surface area contributed by atoms with E-state index in [1.54, 1.807) is 0 Å². The molecule has 3 unspecified atom stereocenters. The molecule has 10 nitrogen and oxygen atoms in total. The van der Waals surface area contributed by atoms with Gasteiger partial charge in [0.15, 0.2) is 6.17 Å². The van der Waals surface area contributed by atoms with Crippen LogP contribution < -0.4 is 11.3 Å². The lowest BCUT2D eigenvalue weighted by Gasteiger charge is -2.27. The smallest absolute Gasteiger partial charge is 0.295 e. The van der Waals surface area contributed by atoms with E-state index in [9.17, 15) is 24.5 Å². The molecule has 1 saturated heterocycles. The molecule has 120 valence electrons. The fourth-order valence-electron chi connectivity index (χ4n) is 2.50. The van der Waals surface area contributed by atoms with Gasteiger partial charge < -0.3 is 25.8 Å². The van der Waals surface area contributed by atoms with E-state index in [2.05, 4.69) is 15.1 Å². The number of aromatic nitrogens is 4. The quantitative estimate of drug-likeness (QED) is 0.415. The monoisotopic (exact) mass is 315 g/mol. The van der Waals surface area contributed by atoms with Gasteiger partial charge in [0.05, 0.1) is 25.1 Å². The van der Waals surface area contributed by atoms with Crippen LogP contribution in [0.25, 0.3) is 5.65 Å². The van der Waals surface area contributed by atoms with Crippen molar-refractivity contribution in [1.82, 2.24) is 19.6 Å². The van der Waals surface area contributed by atoms with E-state index in [-0.39, 0.29) is 17.3 Å². The zero-order valence-electron chi connectivity index (χ0n) is 11.2. The molecule has 1 aliphatic rings. The van der Waals surface area contributed by atoms with E-state index in [1.165, 1.54) is 0 Å². The molecule has 0 bridgehead atoms. The van der Waals surface area contributed by atoms with Crippen LogP contribution in [0.15, 0.2) is 11.0 Å². The van der Waals surface area contributed by atoms with Gasteiger partial charge in [-0.3, -0.25) is 9.78 Å². The lowest BCUT2D eigenvalue weighted by Crippen LogP contribution is -2.48. The molecule has 0 aromatic carbocycles. The van der Waals surface area contributed by atoms with Gasteiger partial charge in [0.1, 0.15) is 17.8 Å². The van der Waals surface area contributed by atoms with Crippen LogP contribution in [0, 0.1) is 0 Å². The molecule has 0 saturated carbocycles. The molecule has 1 fully saturated rings. The molecular formula is C11H14FN5O5. The highest BCUT2D eigenvalue weighted by Crippen LogP contribution is 2.41. The van der Waals surface area contributed by atoms with Crippen molar-refractivity contribution in [2.75, 3.05) is 18.9 Å². The van der Waals surface area contributed by atoms with Crippen LogP contribution in [0.2, 0.25) is 0 Å². The van der Waals surface area contributed by atoms with Gasteiger partial charge in [-0.15, -0.1) is 5.10 Å². The summed E-state index contributed by atoms with van der Waals surface area (Å²) in [6.45, 7) is -1.57. The minimum atomic E-state index is -1.96. The number of nitrogens with one attached hydrogen (secondary N) is 1. The standard InChI is InChI=1S/C11H14FN5O5/c12-5-6(22-11(2-18,3-19)7(5)20)4-1-14-8-9(21)15-10(13)16-17(4)8/h1,5-7,18-20H,2-3H2,(H3,13,15,16,21). The highest BCUT2D eigenvalue weighted by Gasteiger charge is 2.56. The number of nitrogen functional groups attached to an aromatic ring is 1. The Morgan fingerprint density at radius 1 is 1.50 bits per heavy atom. The topological polar surface area (TPSA) is 159 Å². The van der Waals surface area contributed by atoms with E-state index in [0.29, 0.717) is 0 Å². The number of aliphatic hydroxyl groups excluding tert-OH is 3. The number of halogens is 1. The maximum Gasteiger partial charge on any atom is 0.295 e. The van der Waals surface area contributed by atoms with E-state index in [0.717, 1.165) is 10.7 Å². The van der Waals surface area contributed by atoms with Gasteiger partial charge in [-0.25, -0.2) is 13.9 Å². The number of hydrogen-bond donors (Lipinski definition) is 5. The molecule has 2 aromatic rings. The lowest BCUT2D eigenvalue weighted by molar-refractivity contribution is -0.137. The van der Waals surface area contributed by atoms with Crippen LogP contribution in [0.3, 0.4) is 0 Å². The Kier molecular flexibility index (Phi) is 3.36. The zero-order valence-corrected chi connectivity index (χ0v) is 11.2. The molecule has 11 heteroatoms. The number of anilines is 1. The number of aliphatic hydroxyl groups is 3. The summed E-state index contributed by atoms with van der Waals surface area (Å²) in [6.07, 6.45) is -3.93. The molecule has 6 N–H and O–H groups in total. The Balaban J connectivity index is 2.11. The third-order valence-corrected chi connectivity index (χ3v) is 3.74. The number of nitrogens with two attached hydrogens (primary N) is 1. The lowest BCUT2D eigenvalue weighted by atomic mass is 9.96. The first-order valence-corrected chi connectivity index (χ1v) is 6.38. The summed E-state index contributed by atoms with van der Waals surface area (Å²) < 4.78 is 20.7. The van der Waals surface area contributed by atoms with Crippen molar-refractivity contribution < 1.29 is 24.4 Å². The number of hydrogen-bond acceptors (Lipinski definition) is 8. The second-order valence-electron chi connectivity index (χ2n) is 5.07. The first kappa shape index (κ1) is 14.8. The highest BCUT2D eigenvalue weighted by molar-refractivity contribution is 5.39. The van der Waals surface area contributed by atoms with Crippen molar-refractivity contribution in [3.8, 4) is 0 Å². The third kappa shape index (κ3) is 1.90. The molecule has 2 aromatic heterocycles. The van der Waals surface area contributed by atoms with E-state index < -0.39 is 42.8 Å². The summed E-state index contributed by atoms with van der Waals surface area (Å²) in [5, 5.41) is 32.3. The maximum atomic E-state index is 14.4. The van der Waals surface area contributed by atoms with Crippen molar-refractivity contribution in [2.24, 2.45) is 0 Å². The van der Waals surface area contributed by atoms with Crippen LogP contribution in [0.4, 0.5) is 10.3 Å². The summed E-state index contributed by atoms with van der Waals surface area (Å²) in [5.41, 5.74) is 2.88. The number of H-pyrrole nitrogens is 1. The van der Waals surface area contributed by atoms with Gasteiger partial charge in [-0.05, 0) is 0 Å². The van der Waals surface area contributed by atoms with Gasteiger partial charge in [-0.2, -0.15) is 0 Å². The van der Waals surface area contributed by atoms with Crippen LogP contribution in [-0.2, 0) is 4.74 Å². The van der Waals surface area contributed by atoms with Crippen molar-refractivity contribution in [1.29, 1.82) is 0 Å². The molecule has 3 heterocycles. The van der Waals surface area contributed by atoms with Crippen molar-refractivity contribution in [3.63, 3.8) is 0 Å². The number of ether oxygens (including phenoxy) is 1. The van der Waals surface area contributed by atoms with Crippen LogP contribution in [0.1, 0.15) is 11.8 Å². The molecule has 0 amide bonds. The van der Waals surface area contributed by atoms with Crippen LogP contribution in [0.5, 0.6) is 0 Å². The fourth-order valence-corrected chi connectivity index (χ4v) is 2.50. The van der Waals surface area contributed by atoms with Gasteiger partial charge >= 0.3 is 0 Å². The second kappa shape index (κ2) is 4.98. The molecule has 1 aliphatic heterocycles. The summed E-state index contributed by atoms with van der Waals surface area (Å²) in [6, 6.07) is 0. The number of rotatable bonds is 3. The zero-order chi connectivity index (χ0) is 16.1. The Morgan fingerprint density at radius 3 is 2.77 bits per heavy atom. The SMILES string of the molecule is Nc1nn2c(C3OC(CO)(CO)C(O)C3F)cnc2c(=O)[nH]1. The predicted octanol–water partition coefficient (Wildman–Crippen LogP) is -2.51. The van der Waals surface area contributed by atoms with E-state index in [1.807, 2.05) is 0 Å². The molecule has 3 atom stereocenters. The highest BCUT2D eigenvalue weighted by atomic mass is 19.1. The normalized spacial score (nSPS) is 27.5. The molecule has 22 heavy (non-hydrogen) atoms. The van der Waals surface area contributed by atoms with Crippen molar-refractivity contribution >= 4 is 11.6 Å². The van der Waals surface area contributed by atoms with E-state index >= 15 is 0 Å². The first-order chi connectivity index (χ1) is 10.4. The number of fused-ring (bicyclic) bond motifs is 1. The average molecular weight is 315 g/mol. The number of aromatic amines is 1. The molecule has 0 spiro atoms. The Morgan fingerprint density at radius 2 is 2.18 bits per heavy atom. The minimum Gasteiger partial charge on any atom is -0.393 e. The maximum absolute atomic E-state index is 14.4. The minimum absolute atomic E-state index is 0.0307. The summed E-state index contributed by atoms with van der Waals surface area (Å²) >= 11 is 0. The fraction of sp³-hybridized carbons (Fsp3) is 0.545. The Bertz CT molecular complexity index is 757. The van der Waals surface area contributed by atoms with Gasteiger partial charge in [0.25, 0.3) is 5.56 Å². The largest absolute Gasteiger partial charge is 0.393 e. The Labute approximate surface area is 122 Å². The number of imidazole rings is 1. The molecule has 0 aliphatic carbocycles. The predicted molar refractivity (Wildman–Crippen MR) is 69.7 cm³/mol. The third-order valence-electron chi connectivity index (χ3n) is 3.74. The van der Waals surface area contributed by atoms with Crippen molar-refractivity contribution in [3.05, 3.63) is 22.2 Å². The molecule has 0 radical (unpaired) electrons. The van der Waals surface area contributed by atoms with Gasteiger partial charge in [-0.1, -0.05) is 0 Å². The summed E-state index contributed by atoms with van der Waals surface area (Å²) in [4.78, 5) is 17.7. The molecule has 3 rings (SSSR count). The summed E-state index contributed by atoms with van der Waals surface area (Å²) in [5.74, 6) is -0.207. The summed E-state index contributed by atoms with van der Waals surface area (Å²) in [7, 11) is 0. The van der Waals surface area contributed by atoms with Crippen LogP contribution >= 0.6 is 0 Å². The average Bonchev–Trinajstić information content (AvgIpc) is 3.01. The van der Waals surface area contributed by atoms with Gasteiger partial charge in [0, 0.05) is 0 Å². The van der Waals surface area contributed by atoms with Crippen molar-refractivity contribution in [2.45, 2.75) is 24.0 Å². The number of alkyl halides is 1. The van der Waals surface area contributed by atoms with Gasteiger partial charge in [0.2, 0.25) is 11.6 Å². The second-order valence-corrected chi connectivity index (χ2v) is 5.07. The van der Waals surface area contributed by atoms with E-state index in [4.69, 9.17) is 10.5 Å².